The number of nitrogens with one attached hydrogen (secondary N) is 1. The normalized spacial score (nSPS) is 20.7. The van der Waals surface area contributed by atoms with Crippen LogP contribution in [0.25, 0.3) is 23.0 Å². The summed E-state index contributed by atoms with van der Waals surface area (Å²) < 4.78 is 56.6. The molecule has 13 nitrogen and oxygen atoms in total. The van der Waals surface area contributed by atoms with Gasteiger partial charge >= 0.3 is 6.09 Å². The maximum Gasteiger partial charge on any atom is 0.407 e. The number of rotatable bonds is 13. The number of carbonyl (C=O) groups excluding carboxylic acids is 1. The van der Waals surface area contributed by atoms with Crippen molar-refractivity contribution in [3.05, 3.63) is 78.6 Å². The van der Waals surface area contributed by atoms with Gasteiger partial charge in [0.25, 0.3) is 5.89 Å². The van der Waals surface area contributed by atoms with Gasteiger partial charge in [-0.25, -0.2) is 13.2 Å². The van der Waals surface area contributed by atoms with E-state index in [0.29, 0.717) is 17.9 Å². The SMILES string of the molecule is CC(C)CN(C[C@@H](O)[C@H](Cc1ccccc1)NC(=O)OC1COC2OCCC12)S(=O)(=O)c1ccc(-c2noc(-c3ccco3)n2)cc1. The molecule has 5 atom stereocenters. The van der Waals surface area contributed by atoms with E-state index in [1.165, 1.54) is 22.7 Å². The van der Waals surface area contributed by atoms with Crippen molar-refractivity contribution < 1.29 is 41.5 Å². The summed E-state index contributed by atoms with van der Waals surface area (Å²) in [5.41, 5.74) is 1.41. The molecule has 47 heavy (non-hydrogen) atoms. The van der Waals surface area contributed by atoms with Gasteiger partial charge < -0.3 is 33.6 Å². The predicted octanol–water partition coefficient (Wildman–Crippen LogP) is 4.10. The number of aromatic nitrogens is 2. The van der Waals surface area contributed by atoms with Crippen molar-refractivity contribution in [1.82, 2.24) is 19.8 Å². The van der Waals surface area contributed by atoms with Crippen molar-refractivity contribution in [3.63, 3.8) is 0 Å². The minimum atomic E-state index is -4.06. The van der Waals surface area contributed by atoms with E-state index in [2.05, 4.69) is 15.5 Å². The second-order valence-corrected chi connectivity index (χ2v) is 14.1. The second kappa shape index (κ2) is 14.4. The summed E-state index contributed by atoms with van der Waals surface area (Å²) in [6.45, 7) is 4.44. The van der Waals surface area contributed by atoms with Crippen LogP contribution in [0.15, 0.2) is 86.8 Å². The number of amides is 1. The van der Waals surface area contributed by atoms with Gasteiger partial charge in [-0.15, -0.1) is 0 Å². The number of nitrogens with zero attached hydrogens (tertiary/aromatic N) is 3. The van der Waals surface area contributed by atoms with Gasteiger partial charge in [-0.2, -0.15) is 9.29 Å². The Hall–Kier alpha value is -4.08. The molecule has 6 rings (SSSR count). The number of ether oxygens (including phenoxy) is 3. The summed E-state index contributed by atoms with van der Waals surface area (Å²) in [7, 11) is -4.06. The Kier molecular flexibility index (Phi) is 10.0. The first-order valence-corrected chi connectivity index (χ1v) is 17.0. The number of fused-ring (bicyclic) bond motifs is 1. The van der Waals surface area contributed by atoms with E-state index < -0.39 is 34.4 Å². The van der Waals surface area contributed by atoms with Crippen LogP contribution in [0.1, 0.15) is 25.8 Å². The third kappa shape index (κ3) is 7.74. The molecule has 0 bridgehead atoms. The Labute approximate surface area is 272 Å². The molecular weight excluding hydrogens is 628 g/mol. The minimum Gasteiger partial charge on any atom is -0.459 e. The van der Waals surface area contributed by atoms with E-state index in [-0.39, 0.29) is 60.9 Å². The molecule has 2 aliphatic heterocycles. The largest absolute Gasteiger partial charge is 0.459 e. The lowest BCUT2D eigenvalue weighted by atomic mass is 10.0. The van der Waals surface area contributed by atoms with Gasteiger partial charge in [-0.3, -0.25) is 0 Å². The molecule has 4 aromatic rings. The highest BCUT2D eigenvalue weighted by Gasteiger charge is 2.44. The Balaban J connectivity index is 1.18. The lowest BCUT2D eigenvalue weighted by Gasteiger charge is -2.31. The molecule has 0 spiro atoms. The minimum absolute atomic E-state index is 0.0328. The fraction of sp³-hybridized carbons (Fsp3) is 0.424. The number of carbonyl (C=O) groups is 1. The number of sulfonamides is 1. The molecule has 14 heteroatoms. The number of benzene rings is 2. The van der Waals surface area contributed by atoms with Gasteiger partial charge in [-0.05, 0) is 60.7 Å². The highest BCUT2D eigenvalue weighted by Crippen LogP contribution is 2.33. The van der Waals surface area contributed by atoms with Crippen LogP contribution in [0, 0.1) is 11.8 Å². The van der Waals surface area contributed by atoms with Crippen molar-refractivity contribution in [2.45, 2.75) is 56.1 Å². The number of alkyl carbamates (subject to hydrolysis) is 1. The number of hydrogen-bond donors (Lipinski definition) is 2. The number of furan rings is 1. The first kappa shape index (κ1) is 32.8. The zero-order valence-electron chi connectivity index (χ0n) is 26.1. The molecule has 1 amide bonds. The van der Waals surface area contributed by atoms with Gasteiger partial charge in [0.15, 0.2) is 12.1 Å². The summed E-state index contributed by atoms with van der Waals surface area (Å²) in [6, 6.07) is 18.0. The third-order valence-electron chi connectivity index (χ3n) is 8.18. The molecule has 2 N–H and O–H groups in total. The lowest BCUT2D eigenvalue weighted by molar-refractivity contribution is -0.0907. The van der Waals surface area contributed by atoms with Gasteiger partial charge in [0.1, 0.15) is 6.10 Å². The molecule has 2 aliphatic rings. The fourth-order valence-corrected chi connectivity index (χ4v) is 7.42. The molecule has 2 saturated heterocycles. The Bertz CT molecular complexity index is 1710. The van der Waals surface area contributed by atoms with Crippen LogP contribution in [-0.4, -0.2) is 84.9 Å². The van der Waals surface area contributed by atoms with Crippen molar-refractivity contribution in [1.29, 1.82) is 0 Å². The van der Waals surface area contributed by atoms with Crippen LogP contribution in [0.5, 0.6) is 0 Å². The predicted molar refractivity (Wildman–Crippen MR) is 168 cm³/mol. The van der Waals surface area contributed by atoms with E-state index >= 15 is 0 Å². The molecule has 0 saturated carbocycles. The standard InChI is InChI=1S/C33H38N4O9S/c1-21(2)18-37(47(40,41)24-12-10-23(11-13-24)30-35-31(46-36-30)28-9-6-15-42-28)19-27(38)26(17-22-7-4-3-5-8-22)34-33(39)45-29-20-44-32-25(29)14-16-43-32/h3-13,15,21,25-27,29,32,38H,14,16-20H2,1-2H3,(H,34,39)/t25?,26-,27+,29?,32?/m0/s1. The smallest absolute Gasteiger partial charge is 0.407 e. The second-order valence-electron chi connectivity index (χ2n) is 12.1. The molecular formula is C33H38N4O9S. The Morgan fingerprint density at radius 1 is 1.06 bits per heavy atom. The fourth-order valence-electron chi connectivity index (χ4n) is 5.80. The van der Waals surface area contributed by atoms with Crippen LogP contribution < -0.4 is 5.32 Å². The number of hydrogen-bond acceptors (Lipinski definition) is 11. The first-order valence-electron chi connectivity index (χ1n) is 15.6. The molecule has 4 heterocycles. The van der Waals surface area contributed by atoms with Crippen LogP contribution in [0.3, 0.4) is 0 Å². The van der Waals surface area contributed by atoms with E-state index in [1.807, 2.05) is 44.2 Å². The number of aliphatic hydroxyl groups is 1. The molecule has 3 unspecified atom stereocenters. The summed E-state index contributed by atoms with van der Waals surface area (Å²) in [5.74, 6) is 0.801. The molecule has 2 aromatic carbocycles. The Morgan fingerprint density at radius 3 is 2.57 bits per heavy atom. The third-order valence-corrected chi connectivity index (χ3v) is 10.0. The maximum absolute atomic E-state index is 14.0. The van der Waals surface area contributed by atoms with Crippen LogP contribution in [0.4, 0.5) is 4.79 Å². The van der Waals surface area contributed by atoms with Crippen molar-refractivity contribution in [2.75, 3.05) is 26.3 Å². The van der Waals surface area contributed by atoms with E-state index in [1.54, 1.807) is 24.3 Å². The van der Waals surface area contributed by atoms with Gasteiger partial charge in [0.05, 0.1) is 42.4 Å². The topological polar surface area (TPSA) is 166 Å². The lowest BCUT2D eigenvalue weighted by Crippen LogP contribution is -2.51. The molecule has 250 valence electrons. The maximum atomic E-state index is 14.0. The van der Waals surface area contributed by atoms with E-state index in [9.17, 15) is 18.3 Å². The van der Waals surface area contributed by atoms with Crippen LogP contribution in [-0.2, 0) is 30.7 Å². The van der Waals surface area contributed by atoms with Gasteiger partial charge in [0.2, 0.25) is 15.8 Å². The van der Waals surface area contributed by atoms with Crippen LogP contribution >= 0.6 is 0 Å². The highest BCUT2D eigenvalue weighted by atomic mass is 32.2. The summed E-state index contributed by atoms with van der Waals surface area (Å²) in [4.78, 5) is 17.5. The molecule has 0 aliphatic carbocycles. The molecule has 0 radical (unpaired) electrons. The zero-order valence-corrected chi connectivity index (χ0v) is 26.9. The summed E-state index contributed by atoms with van der Waals surface area (Å²) >= 11 is 0. The monoisotopic (exact) mass is 666 g/mol. The average Bonchev–Trinajstić information content (AvgIpc) is 3.87. The van der Waals surface area contributed by atoms with Gasteiger partial charge in [-0.1, -0.05) is 49.3 Å². The van der Waals surface area contributed by atoms with E-state index in [4.69, 9.17) is 23.2 Å². The summed E-state index contributed by atoms with van der Waals surface area (Å²) in [6.07, 6.45) is -0.356. The van der Waals surface area contributed by atoms with Crippen molar-refractivity contribution in [3.8, 4) is 23.0 Å². The first-order chi connectivity index (χ1) is 22.7. The highest BCUT2D eigenvalue weighted by molar-refractivity contribution is 7.89. The molecule has 2 fully saturated rings. The van der Waals surface area contributed by atoms with E-state index in [0.717, 1.165) is 12.0 Å². The van der Waals surface area contributed by atoms with Crippen molar-refractivity contribution in [2.24, 2.45) is 11.8 Å². The Morgan fingerprint density at radius 2 is 1.85 bits per heavy atom. The number of aliphatic hydroxyl groups excluding tert-OH is 1. The van der Waals surface area contributed by atoms with Crippen molar-refractivity contribution >= 4 is 16.1 Å². The summed E-state index contributed by atoms with van der Waals surface area (Å²) in [5, 5.41) is 18.3. The average molecular weight is 667 g/mol. The van der Waals surface area contributed by atoms with Crippen LogP contribution in [0.2, 0.25) is 0 Å². The van der Waals surface area contributed by atoms with Gasteiger partial charge in [0, 0.05) is 18.7 Å². The quantitative estimate of drug-likeness (QED) is 0.211. The zero-order chi connectivity index (χ0) is 33.0. The molecule has 2 aromatic heterocycles.